The maximum Gasteiger partial charge on any atom is 0.224 e. The van der Waals surface area contributed by atoms with E-state index in [2.05, 4.69) is 5.32 Å². The fourth-order valence-electron chi connectivity index (χ4n) is 1.84. The smallest absolute Gasteiger partial charge is 0.224 e. The number of amides is 1. The Morgan fingerprint density at radius 3 is 2.32 bits per heavy atom. The highest BCUT2D eigenvalue weighted by molar-refractivity contribution is 5.78. The zero-order chi connectivity index (χ0) is 13.5. The molecule has 0 aliphatic rings. The standard InChI is InChI=1S/C16H16FNO/c17-15-8-6-13(7-9-15)10-11-18-16(19)12-14-4-2-1-3-5-14/h1-9H,10-12H2,(H,18,19). The summed E-state index contributed by atoms with van der Waals surface area (Å²) in [5.41, 5.74) is 2.02. The van der Waals surface area contributed by atoms with Gasteiger partial charge in [-0.1, -0.05) is 42.5 Å². The quantitative estimate of drug-likeness (QED) is 0.876. The van der Waals surface area contributed by atoms with Crippen molar-refractivity contribution >= 4 is 5.91 Å². The minimum atomic E-state index is -0.239. The van der Waals surface area contributed by atoms with Crippen molar-refractivity contribution in [3.05, 3.63) is 71.5 Å². The summed E-state index contributed by atoms with van der Waals surface area (Å²) in [5.74, 6) is -0.231. The van der Waals surface area contributed by atoms with E-state index in [1.807, 2.05) is 30.3 Å². The SMILES string of the molecule is O=C(Cc1ccccc1)NCCc1ccc(F)cc1. The highest BCUT2D eigenvalue weighted by Crippen LogP contribution is 2.03. The van der Waals surface area contributed by atoms with Crippen LogP contribution < -0.4 is 5.32 Å². The molecule has 0 bridgehead atoms. The van der Waals surface area contributed by atoms with Gasteiger partial charge in [0, 0.05) is 6.54 Å². The van der Waals surface area contributed by atoms with Gasteiger partial charge in [0.1, 0.15) is 5.82 Å². The van der Waals surface area contributed by atoms with Gasteiger partial charge < -0.3 is 5.32 Å². The molecule has 0 heterocycles. The number of nitrogens with one attached hydrogen (secondary N) is 1. The Hall–Kier alpha value is -2.16. The van der Waals surface area contributed by atoms with Gasteiger partial charge in [-0.25, -0.2) is 4.39 Å². The molecule has 0 unspecified atom stereocenters. The molecule has 2 rings (SSSR count). The van der Waals surface area contributed by atoms with Crippen molar-refractivity contribution in [2.24, 2.45) is 0 Å². The number of hydrogen-bond acceptors (Lipinski definition) is 1. The molecular weight excluding hydrogens is 241 g/mol. The lowest BCUT2D eigenvalue weighted by Crippen LogP contribution is -2.27. The predicted molar refractivity (Wildman–Crippen MR) is 73.3 cm³/mol. The lowest BCUT2D eigenvalue weighted by atomic mass is 10.1. The second-order valence-electron chi connectivity index (χ2n) is 4.39. The molecule has 2 aromatic carbocycles. The zero-order valence-corrected chi connectivity index (χ0v) is 10.6. The Morgan fingerprint density at radius 2 is 1.63 bits per heavy atom. The molecule has 3 heteroatoms. The Balaban J connectivity index is 1.74. The summed E-state index contributed by atoms with van der Waals surface area (Å²) in [7, 11) is 0. The van der Waals surface area contributed by atoms with E-state index in [1.54, 1.807) is 12.1 Å². The van der Waals surface area contributed by atoms with Gasteiger partial charge in [0.15, 0.2) is 0 Å². The first-order valence-corrected chi connectivity index (χ1v) is 6.29. The lowest BCUT2D eigenvalue weighted by molar-refractivity contribution is -0.120. The Kier molecular flexibility index (Phi) is 4.67. The van der Waals surface area contributed by atoms with E-state index in [4.69, 9.17) is 0 Å². The summed E-state index contributed by atoms with van der Waals surface area (Å²) < 4.78 is 12.7. The van der Waals surface area contributed by atoms with Gasteiger partial charge in [-0.15, -0.1) is 0 Å². The molecule has 19 heavy (non-hydrogen) atoms. The lowest BCUT2D eigenvalue weighted by Gasteiger charge is -2.05. The predicted octanol–water partition coefficient (Wildman–Crippen LogP) is 2.73. The molecule has 0 aromatic heterocycles. The van der Waals surface area contributed by atoms with Crippen molar-refractivity contribution in [2.45, 2.75) is 12.8 Å². The highest BCUT2D eigenvalue weighted by atomic mass is 19.1. The third-order valence-corrected chi connectivity index (χ3v) is 2.86. The Morgan fingerprint density at radius 1 is 0.947 bits per heavy atom. The van der Waals surface area contributed by atoms with Crippen LogP contribution in [0.5, 0.6) is 0 Å². The van der Waals surface area contributed by atoms with Gasteiger partial charge in [0.25, 0.3) is 0 Å². The first-order chi connectivity index (χ1) is 9.24. The molecule has 1 N–H and O–H groups in total. The van der Waals surface area contributed by atoms with E-state index in [9.17, 15) is 9.18 Å². The van der Waals surface area contributed by atoms with Crippen LogP contribution in [0.25, 0.3) is 0 Å². The summed E-state index contributed by atoms with van der Waals surface area (Å²) in [4.78, 5) is 11.7. The van der Waals surface area contributed by atoms with Gasteiger partial charge in [0.2, 0.25) is 5.91 Å². The van der Waals surface area contributed by atoms with E-state index in [1.165, 1.54) is 12.1 Å². The summed E-state index contributed by atoms with van der Waals surface area (Å²) in [6, 6.07) is 16.0. The summed E-state index contributed by atoms with van der Waals surface area (Å²) in [5, 5.41) is 2.86. The summed E-state index contributed by atoms with van der Waals surface area (Å²) >= 11 is 0. The van der Waals surface area contributed by atoms with Crippen molar-refractivity contribution in [3.8, 4) is 0 Å². The maximum atomic E-state index is 12.7. The minimum absolute atomic E-state index is 0.00770. The van der Waals surface area contributed by atoms with Crippen LogP contribution >= 0.6 is 0 Å². The van der Waals surface area contributed by atoms with Crippen molar-refractivity contribution in [1.82, 2.24) is 5.32 Å². The summed E-state index contributed by atoms with van der Waals surface area (Å²) in [6.45, 7) is 0.567. The topological polar surface area (TPSA) is 29.1 Å². The van der Waals surface area contributed by atoms with Gasteiger partial charge in [-0.05, 0) is 29.7 Å². The molecule has 2 aromatic rings. The number of hydrogen-bond donors (Lipinski definition) is 1. The molecule has 0 saturated carbocycles. The number of halogens is 1. The molecule has 0 aliphatic heterocycles. The summed E-state index contributed by atoms with van der Waals surface area (Å²) in [6.07, 6.45) is 1.10. The van der Waals surface area contributed by atoms with Crippen molar-refractivity contribution in [1.29, 1.82) is 0 Å². The number of carbonyl (C=O) groups is 1. The fourth-order valence-corrected chi connectivity index (χ4v) is 1.84. The van der Waals surface area contributed by atoms with Crippen LogP contribution in [-0.4, -0.2) is 12.5 Å². The third-order valence-electron chi connectivity index (χ3n) is 2.86. The van der Waals surface area contributed by atoms with Gasteiger partial charge in [0.05, 0.1) is 6.42 Å². The number of rotatable bonds is 5. The van der Waals surface area contributed by atoms with E-state index in [0.29, 0.717) is 19.4 Å². The normalized spacial score (nSPS) is 10.2. The average Bonchev–Trinajstić information content (AvgIpc) is 2.42. The van der Waals surface area contributed by atoms with E-state index in [-0.39, 0.29) is 11.7 Å². The molecule has 0 spiro atoms. The zero-order valence-electron chi connectivity index (χ0n) is 10.6. The molecule has 1 amide bonds. The van der Waals surface area contributed by atoms with Crippen molar-refractivity contribution in [2.75, 3.05) is 6.54 Å². The molecule has 0 radical (unpaired) electrons. The molecule has 0 fully saturated rings. The van der Waals surface area contributed by atoms with Crippen LogP contribution in [0.3, 0.4) is 0 Å². The van der Waals surface area contributed by atoms with Gasteiger partial charge >= 0.3 is 0 Å². The minimum Gasteiger partial charge on any atom is -0.355 e. The van der Waals surface area contributed by atoms with E-state index >= 15 is 0 Å². The van der Waals surface area contributed by atoms with Crippen LogP contribution in [0.1, 0.15) is 11.1 Å². The Bertz CT molecular complexity index is 522. The monoisotopic (exact) mass is 257 g/mol. The van der Waals surface area contributed by atoms with E-state index in [0.717, 1.165) is 11.1 Å². The largest absolute Gasteiger partial charge is 0.355 e. The first kappa shape index (κ1) is 13.3. The van der Waals surface area contributed by atoms with Crippen LogP contribution in [0.2, 0.25) is 0 Å². The Labute approximate surface area is 112 Å². The molecule has 0 aliphatic carbocycles. The molecule has 98 valence electrons. The fraction of sp³-hybridized carbons (Fsp3) is 0.188. The van der Waals surface area contributed by atoms with Gasteiger partial charge in [-0.2, -0.15) is 0 Å². The van der Waals surface area contributed by atoms with Crippen LogP contribution in [0, 0.1) is 5.82 Å². The number of carbonyl (C=O) groups excluding carboxylic acids is 1. The van der Waals surface area contributed by atoms with Crippen molar-refractivity contribution < 1.29 is 9.18 Å². The second-order valence-corrected chi connectivity index (χ2v) is 4.39. The maximum absolute atomic E-state index is 12.7. The highest BCUT2D eigenvalue weighted by Gasteiger charge is 2.02. The first-order valence-electron chi connectivity index (χ1n) is 6.29. The molecule has 0 saturated heterocycles. The van der Waals surface area contributed by atoms with Crippen LogP contribution in [0.15, 0.2) is 54.6 Å². The third kappa shape index (κ3) is 4.54. The van der Waals surface area contributed by atoms with Crippen LogP contribution in [-0.2, 0) is 17.6 Å². The number of benzene rings is 2. The van der Waals surface area contributed by atoms with E-state index < -0.39 is 0 Å². The van der Waals surface area contributed by atoms with Crippen molar-refractivity contribution in [3.63, 3.8) is 0 Å². The molecular formula is C16H16FNO. The van der Waals surface area contributed by atoms with Gasteiger partial charge in [-0.3, -0.25) is 4.79 Å². The van der Waals surface area contributed by atoms with Crippen LogP contribution in [0.4, 0.5) is 4.39 Å². The average molecular weight is 257 g/mol. The second kappa shape index (κ2) is 6.69. The molecule has 2 nitrogen and oxygen atoms in total. The molecule has 0 atom stereocenters.